The highest BCUT2D eigenvalue weighted by atomic mass is 16.1. The van der Waals surface area contributed by atoms with Crippen LogP contribution in [0.5, 0.6) is 0 Å². The van der Waals surface area contributed by atoms with E-state index < -0.39 is 5.54 Å². The zero-order valence-electron chi connectivity index (χ0n) is 12.1. The molecule has 2 heteroatoms. The van der Waals surface area contributed by atoms with Crippen molar-refractivity contribution in [3.05, 3.63) is 35.4 Å². The number of carbonyl (C=O) groups excluding carboxylic acids is 1. The van der Waals surface area contributed by atoms with Gasteiger partial charge in [-0.1, -0.05) is 57.4 Å². The first-order chi connectivity index (χ1) is 9.05. The van der Waals surface area contributed by atoms with E-state index in [4.69, 9.17) is 5.73 Å². The van der Waals surface area contributed by atoms with Crippen LogP contribution in [0.3, 0.4) is 0 Å². The van der Waals surface area contributed by atoms with Crippen LogP contribution in [0.1, 0.15) is 61.9 Å². The van der Waals surface area contributed by atoms with Gasteiger partial charge in [-0.05, 0) is 30.7 Å². The van der Waals surface area contributed by atoms with Crippen LogP contribution < -0.4 is 5.73 Å². The third-order valence-corrected chi connectivity index (χ3v) is 4.24. The summed E-state index contributed by atoms with van der Waals surface area (Å²) in [5.41, 5.74) is 7.81. The molecule has 2 nitrogen and oxygen atoms in total. The summed E-state index contributed by atoms with van der Waals surface area (Å²) < 4.78 is 0. The molecule has 0 aliphatic heterocycles. The number of rotatable bonds is 4. The number of nitrogens with two attached hydrogens (primary N) is 1. The molecule has 1 aromatic rings. The lowest BCUT2D eigenvalue weighted by molar-refractivity contribution is 0.0819. The van der Waals surface area contributed by atoms with E-state index in [9.17, 15) is 4.79 Å². The van der Waals surface area contributed by atoms with Crippen LogP contribution in [0.15, 0.2) is 24.3 Å². The van der Waals surface area contributed by atoms with Crippen molar-refractivity contribution in [3.8, 4) is 0 Å². The van der Waals surface area contributed by atoms with Crippen molar-refractivity contribution in [1.29, 1.82) is 0 Å². The minimum absolute atomic E-state index is 0.127. The fourth-order valence-corrected chi connectivity index (χ4v) is 3.20. The predicted octanol–water partition coefficient (Wildman–Crippen LogP) is 3.73. The van der Waals surface area contributed by atoms with Crippen molar-refractivity contribution in [2.45, 2.75) is 57.9 Å². The van der Waals surface area contributed by atoms with Gasteiger partial charge in [0, 0.05) is 5.56 Å². The summed E-state index contributed by atoms with van der Waals surface area (Å²) in [7, 11) is 0. The van der Waals surface area contributed by atoms with Crippen LogP contribution in [-0.2, 0) is 6.42 Å². The van der Waals surface area contributed by atoms with Crippen molar-refractivity contribution < 1.29 is 4.79 Å². The zero-order valence-corrected chi connectivity index (χ0v) is 12.1. The smallest absolute Gasteiger partial charge is 0.182 e. The lowest BCUT2D eigenvalue weighted by Gasteiger charge is -2.35. The summed E-state index contributed by atoms with van der Waals surface area (Å²) in [6.07, 6.45) is 6.11. The van der Waals surface area contributed by atoms with Gasteiger partial charge in [-0.2, -0.15) is 0 Å². The van der Waals surface area contributed by atoms with Crippen molar-refractivity contribution in [3.63, 3.8) is 0 Å². The highest BCUT2D eigenvalue weighted by molar-refractivity contribution is 6.03. The van der Waals surface area contributed by atoms with Gasteiger partial charge < -0.3 is 5.73 Å². The zero-order chi connectivity index (χ0) is 13.9. The van der Waals surface area contributed by atoms with Crippen LogP contribution in [0.4, 0.5) is 0 Å². The molecule has 0 amide bonds. The number of ketones is 1. The van der Waals surface area contributed by atoms with E-state index in [1.165, 1.54) is 12.0 Å². The Morgan fingerprint density at radius 2 is 2.05 bits per heavy atom. The average molecular weight is 259 g/mol. The third-order valence-electron chi connectivity index (χ3n) is 4.24. The van der Waals surface area contributed by atoms with Gasteiger partial charge in [0.2, 0.25) is 0 Å². The minimum atomic E-state index is -0.635. The van der Waals surface area contributed by atoms with Gasteiger partial charge in [0.15, 0.2) is 5.78 Å². The van der Waals surface area contributed by atoms with E-state index in [-0.39, 0.29) is 5.78 Å². The summed E-state index contributed by atoms with van der Waals surface area (Å²) in [5.74, 6) is 0.684. The van der Waals surface area contributed by atoms with Crippen molar-refractivity contribution in [2.24, 2.45) is 11.7 Å². The molecular formula is C17H25NO. The van der Waals surface area contributed by atoms with E-state index in [0.29, 0.717) is 5.92 Å². The molecule has 1 fully saturated rings. The fraction of sp³-hybridized carbons (Fsp3) is 0.588. The molecule has 1 saturated carbocycles. The lowest BCUT2D eigenvalue weighted by Crippen LogP contribution is -2.51. The van der Waals surface area contributed by atoms with Crippen LogP contribution in [0, 0.1) is 5.92 Å². The average Bonchev–Trinajstić information content (AvgIpc) is 2.39. The van der Waals surface area contributed by atoms with Crippen molar-refractivity contribution in [2.75, 3.05) is 0 Å². The Kier molecular flexibility index (Phi) is 4.41. The van der Waals surface area contributed by atoms with E-state index in [2.05, 4.69) is 26.0 Å². The molecule has 2 unspecified atom stereocenters. The van der Waals surface area contributed by atoms with Gasteiger partial charge in [-0.15, -0.1) is 0 Å². The summed E-state index contributed by atoms with van der Waals surface area (Å²) in [6, 6.07) is 8.01. The van der Waals surface area contributed by atoms with Gasteiger partial charge in [-0.3, -0.25) is 4.79 Å². The molecule has 19 heavy (non-hydrogen) atoms. The first kappa shape index (κ1) is 14.3. The number of hydrogen-bond acceptors (Lipinski definition) is 2. The van der Waals surface area contributed by atoms with Gasteiger partial charge >= 0.3 is 0 Å². The van der Waals surface area contributed by atoms with E-state index in [1.807, 2.05) is 12.1 Å². The Hall–Kier alpha value is -1.15. The number of aryl methyl sites for hydroxylation is 1. The molecule has 1 aromatic carbocycles. The van der Waals surface area contributed by atoms with Crippen LogP contribution in [0.25, 0.3) is 0 Å². The monoisotopic (exact) mass is 259 g/mol. The number of benzene rings is 1. The maximum absolute atomic E-state index is 12.6. The van der Waals surface area contributed by atoms with E-state index in [1.54, 1.807) is 0 Å². The minimum Gasteiger partial charge on any atom is -0.319 e. The molecular weight excluding hydrogens is 234 g/mol. The predicted molar refractivity (Wildman–Crippen MR) is 79.3 cm³/mol. The van der Waals surface area contributed by atoms with Gasteiger partial charge in [0.25, 0.3) is 0 Å². The van der Waals surface area contributed by atoms with Gasteiger partial charge in [0.1, 0.15) is 0 Å². The van der Waals surface area contributed by atoms with Crippen LogP contribution >= 0.6 is 0 Å². The molecule has 0 spiro atoms. The number of carbonyl (C=O) groups is 1. The maximum Gasteiger partial charge on any atom is 0.182 e. The summed E-state index contributed by atoms with van der Waals surface area (Å²) >= 11 is 0. The second-order valence-electron chi connectivity index (χ2n) is 6.13. The topological polar surface area (TPSA) is 43.1 Å². The molecule has 1 aliphatic rings. The molecule has 0 radical (unpaired) electrons. The molecule has 0 heterocycles. The third kappa shape index (κ3) is 3.24. The second-order valence-corrected chi connectivity index (χ2v) is 6.13. The maximum atomic E-state index is 12.6. The molecule has 2 rings (SSSR count). The van der Waals surface area contributed by atoms with Crippen LogP contribution in [0.2, 0.25) is 0 Å². The Bertz CT molecular complexity index is 437. The van der Waals surface area contributed by atoms with Crippen molar-refractivity contribution >= 4 is 5.78 Å². The molecule has 104 valence electrons. The van der Waals surface area contributed by atoms with Crippen molar-refractivity contribution in [1.82, 2.24) is 0 Å². The van der Waals surface area contributed by atoms with E-state index in [0.717, 1.165) is 37.7 Å². The lowest BCUT2D eigenvalue weighted by atomic mass is 9.73. The first-order valence-electron chi connectivity index (χ1n) is 7.48. The molecule has 1 aliphatic carbocycles. The largest absolute Gasteiger partial charge is 0.319 e. The molecule has 2 N–H and O–H groups in total. The first-order valence-corrected chi connectivity index (χ1v) is 7.48. The Balaban J connectivity index is 2.14. The Morgan fingerprint density at radius 1 is 1.37 bits per heavy atom. The SMILES string of the molecule is CCCc1ccc(C(=O)C2(N)CCCC(C)C2)cc1. The summed E-state index contributed by atoms with van der Waals surface area (Å²) in [6.45, 7) is 4.36. The second kappa shape index (κ2) is 5.87. The Morgan fingerprint density at radius 3 is 2.63 bits per heavy atom. The summed E-state index contributed by atoms with van der Waals surface area (Å²) in [4.78, 5) is 12.6. The number of Topliss-reactive ketones (excluding diaryl/α,β-unsaturated/α-hetero) is 1. The molecule has 0 aromatic heterocycles. The highest BCUT2D eigenvalue weighted by Crippen LogP contribution is 2.32. The standard InChI is InChI=1S/C17H25NO/c1-3-5-14-7-9-15(10-8-14)16(19)17(18)11-4-6-13(2)12-17/h7-10,13H,3-6,11-12,18H2,1-2H3. The number of hydrogen-bond donors (Lipinski definition) is 1. The molecule has 0 saturated heterocycles. The fourth-order valence-electron chi connectivity index (χ4n) is 3.20. The normalized spacial score (nSPS) is 27.2. The van der Waals surface area contributed by atoms with Gasteiger partial charge in [-0.25, -0.2) is 0 Å². The summed E-state index contributed by atoms with van der Waals surface area (Å²) in [5, 5.41) is 0. The molecule has 0 bridgehead atoms. The van der Waals surface area contributed by atoms with Gasteiger partial charge in [0.05, 0.1) is 5.54 Å². The van der Waals surface area contributed by atoms with E-state index >= 15 is 0 Å². The Labute approximate surface area is 116 Å². The quantitative estimate of drug-likeness (QED) is 0.837. The highest BCUT2D eigenvalue weighted by Gasteiger charge is 2.38. The molecule has 2 atom stereocenters. The van der Waals surface area contributed by atoms with Crippen LogP contribution in [-0.4, -0.2) is 11.3 Å².